The van der Waals surface area contributed by atoms with Crippen molar-refractivity contribution in [1.29, 1.82) is 0 Å². The highest BCUT2D eigenvalue weighted by atomic mass is 16.5. The van der Waals surface area contributed by atoms with Crippen molar-refractivity contribution < 1.29 is 19.1 Å². The second-order valence-electron chi connectivity index (χ2n) is 7.40. The number of carbonyl (C=O) groups is 3. The van der Waals surface area contributed by atoms with E-state index in [0.717, 1.165) is 23.2 Å². The maximum atomic E-state index is 12.7. The Morgan fingerprint density at radius 1 is 1.14 bits per heavy atom. The molecule has 0 unspecified atom stereocenters. The Kier molecular flexibility index (Phi) is 6.32. The summed E-state index contributed by atoms with van der Waals surface area (Å²) < 4.78 is 5.09. The molecule has 2 aromatic rings. The molecule has 2 aromatic carbocycles. The lowest BCUT2D eigenvalue weighted by atomic mass is 10.1. The average molecular weight is 394 g/mol. The molecule has 0 aromatic heterocycles. The summed E-state index contributed by atoms with van der Waals surface area (Å²) in [5.74, 6) is -1.05. The van der Waals surface area contributed by atoms with Crippen LogP contribution in [-0.2, 0) is 14.3 Å². The molecule has 3 rings (SSSR count). The van der Waals surface area contributed by atoms with Crippen LogP contribution in [-0.4, -0.2) is 30.9 Å². The van der Waals surface area contributed by atoms with Gasteiger partial charge < -0.3 is 15.0 Å². The SMILES string of the molecule is CCCOC(=O)c1ccc(NC(=O)[C@H]2CC(=O)N(c3cc(C)ccc3C)C2)cc1. The summed E-state index contributed by atoms with van der Waals surface area (Å²) in [7, 11) is 0. The number of hydrogen-bond acceptors (Lipinski definition) is 4. The third kappa shape index (κ3) is 4.83. The molecule has 152 valence electrons. The molecule has 1 heterocycles. The monoisotopic (exact) mass is 394 g/mol. The molecular formula is C23H26N2O4. The second-order valence-corrected chi connectivity index (χ2v) is 7.40. The van der Waals surface area contributed by atoms with Gasteiger partial charge in [0.25, 0.3) is 0 Å². The molecule has 1 aliphatic heterocycles. The molecular weight excluding hydrogens is 368 g/mol. The molecule has 2 amide bonds. The highest BCUT2D eigenvalue weighted by molar-refractivity contribution is 6.04. The molecule has 0 radical (unpaired) electrons. The Hall–Kier alpha value is -3.15. The van der Waals surface area contributed by atoms with Crippen molar-refractivity contribution in [2.75, 3.05) is 23.4 Å². The van der Waals surface area contributed by atoms with Gasteiger partial charge in [-0.2, -0.15) is 0 Å². The topological polar surface area (TPSA) is 75.7 Å². The number of nitrogens with zero attached hydrogens (tertiary/aromatic N) is 1. The van der Waals surface area contributed by atoms with Gasteiger partial charge >= 0.3 is 5.97 Å². The molecule has 0 aliphatic carbocycles. The summed E-state index contributed by atoms with van der Waals surface area (Å²) >= 11 is 0. The van der Waals surface area contributed by atoms with E-state index in [1.165, 1.54) is 0 Å². The fourth-order valence-corrected chi connectivity index (χ4v) is 3.34. The summed E-state index contributed by atoms with van der Waals surface area (Å²) in [6.45, 7) is 6.61. The average Bonchev–Trinajstić information content (AvgIpc) is 3.10. The first-order valence-electron chi connectivity index (χ1n) is 9.84. The van der Waals surface area contributed by atoms with Crippen LogP contribution in [0.1, 0.15) is 41.3 Å². The molecule has 1 fully saturated rings. The maximum Gasteiger partial charge on any atom is 0.338 e. The number of esters is 1. The number of nitrogens with one attached hydrogen (secondary N) is 1. The molecule has 29 heavy (non-hydrogen) atoms. The Balaban J connectivity index is 1.63. The number of rotatable bonds is 6. The number of hydrogen-bond donors (Lipinski definition) is 1. The Morgan fingerprint density at radius 2 is 1.86 bits per heavy atom. The Bertz CT molecular complexity index is 921. The number of benzene rings is 2. The van der Waals surface area contributed by atoms with Crippen molar-refractivity contribution in [3.63, 3.8) is 0 Å². The van der Waals surface area contributed by atoms with E-state index in [0.29, 0.717) is 24.4 Å². The largest absolute Gasteiger partial charge is 0.462 e. The smallest absolute Gasteiger partial charge is 0.338 e. The minimum atomic E-state index is -0.420. The normalized spacial score (nSPS) is 16.0. The van der Waals surface area contributed by atoms with Crippen molar-refractivity contribution >= 4 is 29.2 Å². The van der Waals surface area contributed by atoms with E-state index >= 15 is 0 Å². The van der Waals surface area contributed by atoms with E-state index in [1.54, 1.807) is 29.2 Å². The van der Waals surface area contributed by atoms with Crippen LogP contribution in [0, 0.1) is 19.8 Å². The van der Waals surface area contributed by atoms with Crippen LogP contribution >= 0.6 is 0 Å². The molecule has 0 saturated carbocycles. The molecule has 0 spiro atoms. The number of amides is 2. The van der Waals surface area contributed by atoms with E-state index in [-0.39, 0.29) is 24.2 Å². The molecule has 1 N–H and O–H groups in total. The summed E-state index contributed by atoms with van der Waals surface area (Å²) in [6, 6.07) is 12.5. The van der Waals surface area contributed by atoms with Crippen molar-refractivity contribution in [1.82, 2.24) is 0 Å². The highest BCUT2D eigenvalue weighted by Gasteiger charge is 2.35. The van der Waals surface area contributed by atoms with Gasteiger partial charge in [0.15, 0.2) is 0 Å². The minimum absolute atomic E-state index is 0.0483. The highest BCUT2D eigenvalue weighted by Crippen LogP contribution is 2.29. The van der Waals surface area contributed by atoms with E-state index in [2.05, 4.69) is 5.32 Å². The lowest BCUT2D eigenvalue weighted by Crippen LogP contribution is -2.28. The van der Waals surface area contributed by atoms with E-state index in [9.17, 15) is 14.4 Å². The van der Waals surface area contributed by atoms with E-state index < -0.39 is 5.92 Å². The lowest BCUT2D eigenvalue weighted by Gasteiger charge is -2.19. The van der Waals surface area contributed by atoms with Gasteiger partial charge in [0.1, 0.15) is 0 Å². The number of anilines is 2. The van der Waals surface area contributed by atoms with Crippen LogP contribution < -0.4 is 10.2 Å². The van der Waals surface area contributed by atoms with Gasteiger partial charge in [0.05, 0.1) is 18.1 Å². The zero-order valence-corrected chi connectivity index (χ0v) is 17.0. The number of aryl methyl sites for hydroxylation is 2. The molecule has 1 saturated heterocycles. The Morgan fingerprint density at radius 3 is 2.55 bits per heavy atom. The van der Waals surface area contributed by atoms with Crippen LogP contribution in [0.2, 0.25) is 0 Å². The lowest BCUT2D eigenvalue weighted by molar-refractivity contribution is -0.122. The van der Waals surface area contributed by atoms with Crippen LogP contribution in [0.15, 0.2) is 42.5 Å². The summed E-state index contributed by atoms with van der Waals surface area (Å²) in [5, 5.41) is 2.84. The second kappa shape index (κ2) is 8.90. The van der Waals surface area contributed by atoms with Gasteiger partial charge in [-0.1, -0.05) is 19.1 Å². The van der Waals surface area contributed by atoms with Crippen molar-refractivity contribution in [3.05, 3.63) is 59.2 Å². The number of carbonyl (C=O) groups excluding carboxylic acids is 3. The van der Waals surface area contributed by atoms with Crippen molar-refractivity contribution in [3.8, 4) is 0 Å². The molecule has 1 aliphatic rings. The summed E-state index contributed by atoms with van der Waals surface area (Å²) in [6.07, 6.45) is 0.944. The van der Waals surface area contributed by atoms with Gasteiger partial charge in [-0.15, -0.1) is 0 Å². The third-order valence-corrected chi connectivity index (χ3v) is 4.98. The molecule has 0 bridgehead atoms. The Labute approximate surface area is 170 Å². The van der Waals surface area contributed by atoms with Gasteiger partial charge in [0, 0.05) is 24.3 Å². The summed E-state index contributed by atoms with van der Waals surface area (Å²) in [5.41, 5.74) is 3.97. The first-order chi connectivity index (χ1) is 13.9. The molecule has 6 nitrogen and oxygen atoms in total. The van der Waals surface area contributed by atoms with Crippen molar-refractivity contribution in [2.45, 2.75) is 33.6 Å². The van der Waals surface area contributed by atoms with Crippen LogP contribution in [0.4, 0.5) is 11.4 Å². The quantitative estimate of drug-likeness (QED) is 0.755. The summed E-state index contributed by atoms with van der Waals surface area (Å²) in [4.78, 5) is 38.7. The molecule has 1 atom stereocenters. The van der Waals surface area contributed by atoms with Crippen molar-refractivity contribution in [2.24, 2.45) is 5.92 Å². The zero-order valence-electron chi connectivity index (χ0n) is 17.0. The first kappa shape index (κ1) is 20.6. The van der Waals surface area contributed by atoms with E-state index in [1.807, 2.05) is 39.0 Å². The fourth-order valence-electron chi connectivity index (χ4n) is 3.34. The fraction of sp³-hybridized carbons (Fsp3) is 0.348. The first-order valence-corrected chi connectivity index (χ1v) is 9.84. The van der Waals surface area contributed by atoms with Crippen LogP contribution in [0.25, 0.3) is 0 Å². The molecule has 6 heteroatoms. The van der Waals surface area contributed by atoms with Crippen LogP contribution in [0.3, 0.4) is 0 Å². The van der Waals surface area contributed by atoms with Gasteiger partial charge in [-0.3, -0.25) is 9.59 Å². The minimum Gasteiger partial charge on any atom is -0.462 e. The van der Waals surface area contributed by atoms with Gasteiger partial charge in [0.2, 0.25) is 11.8 Å². The van der Waals surface area contributed by atoms with Gasteiger partial charge in [-0.25, -0.2) is 4.79 Å². The maximum absolute atomic E-state index is 12.7. The zero-order chi connectivity index (χ0) is 21.0. The predicted molar refractivity (Wildman–Crippen MR) is 112 cm³/mol. The number of ether oxygens (including phenoxy) is 1. The predicted octanol–water partition coefficient (Wildman–Crippen LogP) is 3.86. The third-order valence-electron chi connectivity index (χ3n) is 4.98. The van der Waals surface area contributed by atoms with E-state index in [4.69, 9.17) is 4.74 Å². The van der Waals surface area contributed by atoms with Crippen LogP contribution in [0.5, 0.6) is 0 Å². The van der Waals surface area contributed by atoms with Gasteiger partial charge in [-0.05, 0) is 61.7 Å². The standard InChI is InChI=1S/C23H26N2O4/c1-4-11-29-23(28)17-7-9-19(10-8-17)24-22(27)18-13-21(26)25(14-18)20-12-15(2)5-6-16(20)3/h5-10,12,18H,4,11,13-14H2,1-3H3,(H,24,27)/t18-/m0/s1.